The summed E-state index contributed by atoms with van der Waals surface area (Å²) in [5.74, 6) is 0.801. The second-order valence-corrected chi connectivity index (χ2v) is 5.93. The van der Waals surface area contributed by atoms with Gasteiger partial charge in [0.25, 0.3) is 0 Å². The molecular weight excluding hydrogens is 236 g/mol. The van der Waals surface area contributed by atoms with Gasteiger partial charge in [0.2, 0.25) is 0 Å². The van der Waals surface area contributed by atoms with E-state index in [1.54, 1.807) is 0 Å². The van der Waals surface area contributed by atoms with Crippen LogP contribution >= 0.6 is 0 Å². The highest BCUT2D eigenvalue weighted by atomic mass is 15.2. The van der Waals surface area contributed by atoms with E-state index in [0.717, 1.165) is 25.0 Å². The molecule has 0 aromatic carbocycles. The lowest BCUT2D eigenvalue weighted by atomic mass is 9.84. The highest BCUT2D eigenvalue weighted by molar-refractivity contribution is 5.03. The second-order valence-electron chi connectivity index (χ2n) is 5.93. The maximum absolute atomic E-state index is 4.24. The molecule has 19 heavy (non-hydrogen) atoms. The highest BCUT2D eigenvalue weighted by Crippen LogP contribution is 2.25. The van der Waals surface area contributed by atoms with Crippen molar-refractivity contribution in [2.45, 2.75) is 45.2 Å². The monoisotopic (exact) mass is 264 g/mol. The standard InChI is InChI=1S/C15H28N4/c1-4-16-15-8-6-5-7-14(15)12-18(2)10-13-9-17-19(3)11-13/h9,11,14-16H,4-8,10,12H2,1-3H3. The summed E-state index contributed by atoms with van der Waals surface area (Å²) in [6.07, 6.45) is 9.58. The number of nitrogens with zero attached hydrogens (tertiary/aromatic N) is 3. The van der Waals surface area contributed by atoms with Crippen molar-refractivity contribution in [1.82, 2.24) is 20.0 Å². The van der Waals surface area contributed by atoms with Crippen molar-refractivity contribution in [2.24, 2.45) is 13.0 Å². The maximum Gasteiger partial charge on any atom is 0.0534 e. The van der Waals surface area contributed by atoms with E-state index in [2.05, 4.69) is 35.5 Å². The topological polar surface area (TPSA) is 33.1 Å². The fourth-order valence-corrected chi connectivity index (χ4v) is 3.29. The van der Waals surface area contributed by atoms with Gasteiger partial charge in [-0.3, -0.25) is 4.68 Å². The van der Waals surface area contributed by atoms with Gasteiger partial charge in [-0.2, -0.15) is 5.10 Å². The van der Waals surface area contributed by atoms with Crippen molar-refractivity contribution >= 4 is 0 Å². The summed E-state index contributed by atoms with van der Waals surface area (Å²) in [7, 11) is 4.20. The van der Waals surface area contributed by atoms with E-state index in [1.807, 2.05) is 17.9 Å². The summed E-state index contributed by atoms with van der Waals surface area (Å²) in [5, 5.41) is 7.90. The Morgan fingerprint density at radius 3 is 2.89 bits per heavy atom. The van der Waals surface area contributed by atoms with Gasteiger partial charge in [-0.15, -0.1) is 0 Å². The molecule has 0 radical (unpaired) electrons. The van der Waals surface area contributed by atoms with E-state index in [1.165, 1.54) is 37.8 Å². The van der Waals surface area contributed by atoms with Gasteiger partial charge in [0.15, 0.2) is 0 Å². The summed E-state index contributed by atoms with van der Waals surface area (Å²) in [6.45, 7) is 5.49. The van der Waals surface area contributed by atoms with Gasteiger partial charge < -0.3 is 10.2 Å². The molecule has 4 nitrogen and oxygen atoms in total. The molecule has 1 aromatic heterocycles. The van der Waals surface area contributed by atoms with Crippen LogP contribution in [-0.4, -0.2) is 40.9 Å². The largest absolute Gasteiger partial charge is 0.314 e. The molecule has 0 amide bonds. The average molecular weight is 264 g/mol. The van der Waals surface area contributed by atoms with Gasteiger partial charge in [-0.1, -0.05) is 19.8 Å². The third-order valence-electron chi connectivity index (χ3n) is 4.13. The first-order valence-electron chi connectivity index (χ1n) is 7.58. The number of aryl methyl sites for hydroxylation is 1. The molecule has 4 heteroatoms. The van der Waals surface area contributed by atoms with E-state index >= 15 is 0 Å². The van der Waals surface area contributed by atoms with Gasteiger partial charge in [0, 0.05) is 37.9 Å². The van der Waals surface area contributed by atoms with Crippen molar-refractivity contribution < 1.29 is 0 Å². The lowest BCUT2D eigenvalue weighted by Crippen LogP contribution is -2.43. The molecule has 108 valence electrons. The van der Waals surface area contributed by atoms with Crippen LogP contribution in [0.5, 0.6) is 0 Å². The summed E-state index contributed by atoms with van der Waals surface area (Å²) in [6, 6.07) is 0.718. The van der Waals surface area contributed by atoms with E-state index in [4.69, 9.17) is 0 Å². The Morgan fingerprint density at radius 2 is 2.21 bits per heavy atom. The Balaban J connectivity index is 1.84. The van der Waals surface area contributed by atoms with E-state index in [-0.39, 0.29) is 0 Å². The summed E-state index contributed by atoms with van der Waals surface area (Å²) >= 11 is 0. The van der Waals surface area contributed by atoms with Crippen molar-refractivity contribution in [3.05, 3.63) is 18.0 Å². The third-order valence-corrected chi connectivity index (χ3v) is 4.13. The number of nitrogens with one attached hydrogen (secondary N) is 1. The fourth-order valence-electron chi connectivity index (χ4n) is 3.29. The number of aromatic nitrogens is 2. The average Bonchev–Trinajstić information content (AvgIpc) is 2.77. The molecule has 1 aliphatic rings. The predicted molar refractivity (Wildman–Crippen MR) is 79.0 cm³/mol. The first-order valence-corrected chi connectivity index (χ1v) is 7.58. The molecule has 2 rings (SSSR count). The number of rotatable bonds is 6. The zero-order chi connectivity index (χ0) is 13.7. The predicted octanol–water partition coefficient (Wildman–Crippen LogP) is 2.02. The van der Waals surface area contributed by atoms with Crippen LogP contribution < -0.4 is 5.32 Å². The van der Waals surface area contributed by atoms with E-state index < -0.39 is 0 Å². The molecule has 1 fully saturated rings. The Kier molecular flexibility index (Phi) is 5.40. The van der Waals surface area contributed by atoms with Crippen LogP contribution in [0.25, 0.3) is 0 Å². The minimum Gasteiger partial charge on any atom is -0.314 e. The quantitative estimate of drug-likeness (QED) is 0.853. The molecule has 1 N–H and O–H groups in total. The molecule has 1 heterocycles. The van der Waals surface area contributed by atoms with Crippen molar-refractivity contribution in [3.8, 4) is 0 Å². The lowest BCUT2D eigenvalue weighted by molar-refractivity contribution is 0.186. The zero-order valence-electron chi connectivity index (χ0n) is 12.6. The van der Waals surface area contributed by atoms with E-state index in [9.17, 15) is 0 Å². The van der Waals surface area contributed by atoms with Crippen LogP contribution in [0, 0.1) is 5.92 Å². The van der Waals surface area contributed by atoms with Gasteiger partial charge in [0.05, 0.1) is 6.20 Å². The smallest absolute Gasteiger partial charge is 0.0534 e. The second kappa shape index (κ2) is 7.06. The first kappa shape index (κ1) is 14.5. The zero-order valence-corrected chi connectivity index (χ0v) is 12.6. The molecule has 2 atom stereocenters. The SMILES string of the molecule is CCNC1CCCCC1CN(C)Cc1cnn(C)c1. The highest BCUT2D eigenvalue weighted by Gasteiger charge is 2.25. The van der Waals surface area contributed by atoms with E-state index in [0.29, 0.717) is 0 Å². The lowest BCUT2D eigenvalue weighted by Gasteiger charge is -2.34. The molecule has 1 saturated carbocycles. The number of hydrogen-bond donors (Lipinski definition) is 1. The summed E-state index contributed by atoms with van der Waals surface area (Å²) in [5.41, 5.74) is 1.31. The molecule has 0 saturated heterocycles. The van der Waals surface area contributed by atoms with Gasteiger partial charge in [-0.25, -0.2) is 0 Å². The van der Waals surface area contributed by atoms with Crippen LogP contribution in [-0.2, 0) is 13.6 Å². The van der Waals surface area contributed by atoms with Crippen molar-refractivity contribution in [1.29, 1.82) is 0 Å². The molecule has 0 aliphatic heterocycles. The minimum atomic E-state index is 0.718. The summed E-state index contributed by atoms with van der Waals surface area (Å²) in [4.78, 5) is 2.44. The van der Waals surface area contributed by atoms with Crippen LogP contribution in [0.15, 0.2) is 12.4 Å². The van der Waals surface area contributed by atoms with Gasteiger partial charge in [0.1, 0.15) is 0 Å². The third kappa shape index (κ3) is 4.32. The normalized spacial score (nSPS) is 24.0. The molecule has 0 bridgehead atoms. The Hall–Kier alpha value is -0.870. The van der Waals surface area contributed by atoms with Crippen LogP contribution in [0.2, 0.25) is 0 Å². The number of hydrogen-bond acceptors (Lipinski definition) is 3. The van der Waals surface area contributed by atoms with Gasteiger partial charge in [-0.05, 0) is 32.4 Å². The van der Waals surface area contributed by atoms with Gasteiger partial charge >= 0.3 is 0 Å². The minimum absolute atomic E-state index is 0.718. The Bertz CT molecular complexity index is 372. The maximum atomic E-state index is 4.24. The molecule has 1 aliphatic carbocycles. The van der Waals surface area contributed by atoms with Crippen LogP contribution in [0.3, 0.4) is 0 Å². The summed E-state index contributed by atoms with van der Waals surface area (Å²) < 4.78 is 1.88. The molecular formula is C15H28N4. The van der Waals surface area contributed by atoms with Crippen LogP contribution in [0.4, 0.5) is 0 Å². The fraction of sp³-hybridized carbons (Fsp3) is 0.800. The molecule has 1 aromatic rings. The first-order chi connectivity index (χ1) is 9.19. The van der Waals surface area contributed by atoms with Crippen LogP contribution in [0.1, 0.15) is 38.2 Å². The molecule has 0 spiro atoms. The molecule has 2 unspecified atom stereocenters. The van der Waals surface area contributed by atoms with Crippen molar-refractivity contribution in [2.75, 3.05) is 20.1 Å². The Labute approximate surface area is 117 Å². The van der Waals surface area contributed by atoms with Crippen molar-refractivity contribution in [3.63, 3.8) is 0 Å². The Morgan fingerprint density at radius 1 is 1.42 bits per heavy atom.